The van der Waals surface area contributed by atoms with Gasteiger partial charge in [-0.05, 0) is 47.4 Å². The molecule has 6 nitrogen and oxygen atoms in total. The average Bonchev–Trinajstić information content (AvgIpc) is 3.07. The Morgan fingerprint density at radius 3 is 2.04 bits per heavy atom. The van der Waals surface area contributed by atoms with Gasteiger partial charge in [0.05, 0.1) is 34.0 Å². The van der Waals surface area contributed by atoms with Crippen molar-refractivity contribution in [3.05, 3.63) is 53.1 Å². The largest absolute Gasteiger partial charge is 0.497 e. The third kappa shape index (κ3) is 3.69. The molecule has 0 saturated carbocycles. The molecule has 142 valence electrons. The summed E-state index contributed by atoms with van der Waals surface area (Å²) in [4.78, 5) is 12.3. The van der Waals surface area contributed by atoms with Crippen LogP contribution in [0.25, 0.3) is 5.57 Å². The van der Waals surface area contributed by atoms with E-state index >= 15 is 0 Å². The van der Waals surface area contributed by atoms with E-state index in [9.17, 15) is 4.79 Å². The smallest absolute Gasteiger partial charge is 0.339 e. The maximum absolute atomic E-state index is 12.3. The summed E-state index contributed by atoms with van der Waals surface area (Å²) in [6, 6.07) is 11.1. The van der Waals surface area contributed by atoms with E-state index in [0.717, 1.165) is 22.4 Å². The van der Waals surface area contributed by atoms with Crippen molar-refractivity contribution in [2.24, 2.45) is 0 Å². The van der Waals surface area contributed by atoms with Crippen molar-refractivity contribution in [1.82, 2.24) is 0 Å². The second-order valence-corrected chi connectivity index (χ2v) is 5.99. The predicted molar refractivity (Wildman–Crippen MR) is 101 cm³/mol. The summed E-state index contributed by atoms with van der Waals surface area (Å²) < 4.78 is 26.6. The molecule has 0 N–H and O–H groups in total. The van der Waals surface area contributed by atoms with Crippen LogP contribution in [0.2, 0.25) is 0 Å². The van der Waals surface area contributed by atoms with Crippen molar-refractivity contribution < 1.29 is 28.5 Å². The van der Waals surface area contributed by atoms with Crippen molar-refractivity contribution in [2.45, 2.75) is 6.42 Å². The Hall–Kier alpha value is -3.15. The number of ether oxygens (including phenoxy) is 5. The molecule has 2 aromatic carbocycles. The Labute approximate surface area is 158 Å². The summed E-state index contributed by atoms with van der Waals surface area (Å²) >= 11 is 0. The Bertz CT molecular complexity index is 842. The lowest BCUT2D eigenvalue weighted by atomic mass is 9.96. The van der Waals surface area contributed by atoms with E-state index in [0.29, 0.717) is 29.2 Å². The van der Waals surface area contributed by atoms with Crippen molar-refractivity contribution >= 4 is 11.5 Å². The number of esters is 1. The highest BCUT2D eigenvalue weighted by Gasteiger charge is 2.27. The minimum atomic E-state index is -0.317. The minimum Gasteiger partial charge on any atom is -0.497 e. The molecular weight excluding hydrogens is 348 g/mol. The summed E-state index contributed by atoms with van der Waals surface area (Å²) in [7, 11) is 6.32. The van der Waals surface area contributed by atoms with Crippen molar-refractivity contribution in [3.8, 4) is 23.0 Å². The van der Waals surface area contributed by atoms with Crippen LogP contribution in [0.1, 0.15) is 11.1 Å². The van der Waals surface area contributed by atoms with Crippen LogP contribution in [0.15, 0.2) is 42.0 Å². The molecule has 6 heteroatoms. The molecule has 0 bridgehead atoms. The van der Waals surface area contributed by atoms with E-state index in [2.05, 4.69) is 0 Å². The molecule has 2 aromatic rings. The van der Waals surface area contributed by atoms with Crippen LogP contribution in [0.4, 0.5) is 0 Å². The van der Waals surface area contributed by atoms with E-state index in [1.807, 2.05) is 36.4 Å². The van der Waals surface area contributed by atoms with Crippen molar-refractivity contribution in [2.75, 3.05) is 35.0 Å². The van der Waals surface area contributed by atoms with E-state index in [-0.39, 0.29) is 12.6 Å². The third-order valence-corrected chi connectivity index (χ3v) is 4.46. The zero-order valence-corrected chi connectivity index (χ0v) is 15.8. The van der Waals surface area contributed by atoms with Crippen molar-refractivity contribution in [3.63, 3.8) is 0 Å². The van der Waals surface area contributed by atoms with E-state index in [1.165, 1.54) is 0 Å². The molecule has 0 radical (unpaired) electrons. The van der Waals surface area contributed by atoms with Crippen LogP contribution < -0.4 is 18.9 Å². The number of hydrogen-bond acceptors (Lipinski definition) is 6. The third-order valence-electron chi connectivity index (χ3n) is 4.46. The maximum Gasteiger partial charge on any atom is 0.339 e. The van der Waals surface area contributed by atoms with Gasteiger partial charge in [0.25, 0.3) is 0 Å². The molecule has 1 heterocycles. The molecule has 0 atom stereocenters. The molecule has 0 aromatic heterocycles. The van der Waals surface area contributed by atoms with Gasteiger partial charge in [-0.1, -0.05) is 12.1 Å². The highest BCUT2D eigenvalue weighted by molar-refractivity contribution is 6.19. The number of carbonyl (C=O) groups is 1. The molecule has 0 fully saturated rings. The first-order valence-corrected chi connectivity index (χ1v) is 8.43. The lowest BCUT2D eigenvalue weighted by molar-refractivity contribution is -0.134. The summed E-state index contributed by atoms with van der Waals surface area (Å²) in [5.41, 5.74) is 3.23. The van der Waals surface area contributed by atoms with Crippen LogP contribution in [-0.4, -0.2) is 41.0 Å². The lowest BCUT2D eigenvalue weighted by Crippen LogP contribution is -2.00. The van der Waals surface area contributed by atoms with Gasteiger partial charge in [-0.15, -0.1) is 0 Å². The molecule has 1 aliphatic rings. The number of hydrogen-bond donors (Lipinski definition) is 0. The Morgan fingerprint density at radius 1 is 0.889 bits per heavy atom. The standard InChI is InChI=1S/C21H22O6/c1-23-16-7-5-14(6-8-16)19-15(12-27-21(19)22)9-13-10-17(24-2)20(26-4)18(11-13)25-3/h5-8,10-11H,9,12H2,1-4H3. The fraction of sp³-hybridized carbons (Fsp3) is 0.286. The van der Waals surface area contributed by atoms with Gasteiger partial charge in [-0.25, -0.2) is 4.79 Å². The first-order valence-electron chi connectivity index (χ1n) is 8.43. The number of cyclic esters (lactones) is 1. The van der Waals surface area contributed by atoms with Crippen molar-refractivity contribution in [1.29, 1.82) is 0 Å². The van der Waals surface area contributed by atoms with Gasteiger partial charge in [0, 0.05) is 0 Å². The fourth-order valence-electron chi connectivity index (χ4n) is 3.14. The molecule has 27 heavy (non-hydrogen) atoms. The molecular formula is C21H22O6. The second-order valence-electron chi connectivity index (χ2n) is 5.99. The number of methoxy groups -OCH3 is 4. The molecule has 1 aliphatic heterocycles. The Kier molecular flexibility index (Phi) is 5.54. The van der Waals surface area contributed by atoms with Gasteiger partial charge in [0.2, 0.25) is 5.75 Å². The van der Waals surface area contributed by atoms with Crippen LogP contribution in [0.3, 0.4) is 0 Å². The van der Waals surface area contributed by atoms with Gasteiger partial charge < -0.3 is 23.7 Å². The second kappa shape index (κ2) is 8.03. The number of rotatable bonds is 7. The molecule has 0 amide bonds. The quantitative estimate of drug-likeness (QED) is 0.697. The summed E-state index contributed by atoms with van der Waals surface area (Å²) in [5, 5.41) is 0. The monoisotopic (exact) mass is 370 g/mol. The minimum absolute atomic E-state index is 0.261. The highest BCUT2D eigenvalue weighted by Crippen LogP contribution is 2.39. The zero-order valence-electron chi connectivity index (χ0n) is 15.8. The molecule has 0 saturated heterocycles. The topological polar surface area (TPSA) is 63.2 Å². The summed E-state index contributed by atoms with van der Waals surface area (Å²) in [5.74, 6) is 2.10. The number of carbonyl (C=O) groups excluding carboxylic acids is 1. The van der Waals surface area contributed by atoms with Crippen LogP contribution in [-0.2, 0) is 16.0 Å². The van der Waals surface area contributed by atoms with Gasteiger partial charge in [-0.3, -0.25) is 0 Å². The van der Waals surface area contributed by atoms with Gasteiger partial charge in [-0.2, -0.15) is 0 Å². The summed E-state index contributed by atoms with van der Waals surface area (Å²) in [6.07, 6.45) is 0.532. The zero-order chi connectivity index (χ0) is 19.4. The summed E-state index contributed by atoms with van der Waals surface area (Å²) in [6.45, 7) is 0.261. The van der Waals surface area contributed by atoms with Crippen LogP contribution in [0.5, 0.6) is 23.0 Å². The lowest BCUT2D eigenvalue weighted by Gasteiger charge is -2.14. The van der Waals surface area contributed by atoms with E-state index < -0.39 is 0 Å². The SMILES string of the molecule is COc1ccc(C2=C(Cc3cc(OC)c(OC)c(OC)c3)COC2=O)cc1. The van der Waals surface area contributed by atoms with Crippen LogP contribution in [0, 0.1) is 0 Å². The maximum atomic E-state index is 12.3. The van der Waals surface area contributed by atoms with Gasteiger partial charge in [0.1, 0.15) is 12.4 Å². The molecule has 0 aliphatic carbocycles. The first kappa shape index (κ1) is 18.6. The molecule has 0 spiro atoms. The first-order chi connectivity index (χ1) is 13.1. The Morgan fingerprint density at radius 2 is 1.52 bits per heavy atom. The van der Waals surface area contributed by atoms with E-state index in [4.69, 9.17) is 23.7 Å². The highest BCUT2D eigenvalue weighted by atomic mass is 16.5. The Balaban J connectivity index is 1.99. The molecule has 3 rings (SSSR count). The fourth-order valence-corrected chi connectivity index (χ4v) is 3.14. The predicted octanol–water partition coefficient (Wildman–Crippen LogP) is 3.27. The number of benzene rings is 2. The van der Waals surface area contributed by atoms with Crippen LogP contribution >= 0.6 is 0 Å². The van der Waals surface area contributed by atoms with E-state index in [1.54, 1.807) is 28.4 Å². The van der Waals surface area contributed by atoms with Gasteiger partial charge in [0.15, 0.2) is 11.5 Å². The van der Waals surface area contributed by atoms with Gasteiger partial charge >= 0.3 is 5.97 Å². The normalized spacial score (nSPS) is 13.4. The molecule has 0 unspecified atom stereocenters. The average molecular weight is 370 g/mol.